The van der Waals surface area contributed by atoms with E-state index in [1.165, 1.54) is 43.8 Å². The minimum absolute atomic E-state index is 1.28. The van der Waals surface area contributed by atoms with Crippen LogP contribution in [-0.2, 0) is 0 Å². The molecule has 4 rings (SSSR count). The number of hydrogen-bond acceptors (Lipinski definition) is 0. The average Bonchev–Trinajstić information content (AvgIpc) is 2.54. The summed E-state index contributed by atoms with van der Waals surface area (Å²) in [6.45, 7) is 4.29. The van der Waals surface area contributed by atoms with Crippen molar-refractivity contribution in [3.05, 3.63) is 83.9 Å². The van der Waals surface area contributed by atoms with E-state index in [0.29, 0.717) is 0 Å². The van der Waals surface area contributed by atoms with E-state index in [4.69, 9.17) is 0 Å². The standard InChI is InChI=1S/C22H18/c1-15-7-9-19-14-20(11-10-18(19)12-15)21-5-3-4-17-8-6-16(2)13-22(17)21/h3-14H,1-2H3. The monoisotopic (exact) mass is 282 g/mol. The summed E-state index contributed by atoms with van der Waals surface area (Å²) in [5.41, 5.74) is 5.20. The number of rotatable bonds is 1. The van der Waals surface area contributed by atoms with E-state index in [1.54, 1.807) is 0 Å². The summed E-state index contributed by atoms with van der Waals surface area (Å²) >= 11 is 0. The van der Waals surface area contributed by atoms with E-state index >= 15 is 0 Å². The Bertz CT molecular complexity index is 993. The molecule has 22 heavy (non-hydrogen) atoms. The van der Waals surface area contributed by atoms with Crippen molar-refractivity contribution < 1.29 is 0 Å². The molecular weight excluding hydrogens is 264 g/mol. The van der Waals surface area contributed by atoms with Crippen LogP contribution in [-0.4, -0.2) is 0 Å². The third-order valence-corrected chi connectivity index (χ3v) is 4.34. The zero-order chi connectivity index (χ0) is 15.1. The molecule has 0 saturated heterocycles. The molecule has 0 unspecified atom stereocenters. The number of fused-ring (bicyclic) bond motifs is 2. The van der Waals surface area contributed by atoms with Crippen LogP contribution in [0.15, 0.2) is 72.8 Å². The molecule has 0 spiro atoms. The highest BCUT2D eigenvalue weighted by Gasteiger charge is 2.05. The van der Waals surface area contributed by atoms with Crippen molar-refractivity contribution in [2.24, 2.45) is 0 Å². The second-order valence-corrected chi connectivity index (χ2v) is 6.10. The first-order chi connectivity index (χ1) is 10.7. The van der Waals surface area contributed by atoms with Gasteiger partial charge in [0.15, 0.2) is 0 Å². The first-order valence-corrected chi connectivity index (χ1v) is 7.71. The van der Waals surface area contributed by atoms with Crippen molar-refractivity contribution >= 4 is 21.5 Å². The lowest BCUT2D eigenvalue weighted by Crippen LogP contribution is -1.84. The molecular formula is C22H18. The lowest BCUT2D eigenvalue weighted by Gasteiger charge is -2.09. The maximum atomic E-state index is 2.30. The Morgan fingerprint density at radius 1 is 0.545 bits per heavy atom. The van der Waals surface area contributed by atoms with Gasteiger partial charge >= 0.3 is 0 Å². The predicted octanol–water partition coefficient (Wildman–Crippen LogP) is 6.28. The Kier molecular flexibility index (Phi) is 2.97. The van der Waals surface area contributed by atoms with Crippen LogP contribution in [0.3, 0.4) is 0 Å². The van der Waals surface area contributed by atoms with E-state index < -0.39 is 0 Å². The molecule has 106 valence electrons. The second kappa shape index (κ2) is 4.99. The van der Waals surface area contributed by atoms with Crippen molar-refractivity contribution in [1.82, 2.24) is 0 Å². The van der Waals surface area contributed by atoms with Gasteiger partial charge in [0.05, 0.1) is 0 Å². The van der Waals surface area contributed by atoms with Crippen molar-refractivity contribution in [3.8, 4) is 11.1 Å². The van der Waals surface area contributed by atoms with Gasteiger partial charge < -0.3 is 0 Å². The number of aryl methyl sites for hydroxylation is 2. The fourth-order valence-corrected chi connectivity index (χ4v) is 3.17. The summed E-state index contributed by atoms with van der Waals surface area (Å²) in [6.07, 6.45) is 0. The zero-order valence-corrected chi connectivity index (χ0v) is 12.9. The molecule has 0 amide bonds. The molecule has 0 bridgehead atoms. The molecule has 4 aromatic carbocycles. The molecule has 0 nitrogen and oxygen atoms in total. The first-order valence-electron chi connectivity index (χ1n) is 7.71. The van der Waals surface area contributed by atoms with Gasteiger partial charge in [0.2, 0.25) is 0 Å². The normalized spacial score (nSPS) is 11.2. The van der Waals surface area contributed by atoms with Gasteiger partial charge in [0, 0.05) is 0 Å². The molecule has 0 aromatic heterocycles. The smallest absolute Gasteiger partial charge is 0.0103 e. The fraction of sp³-hybridized carbons (Fsp3) is 0.0909. The Morgan fingerprint density at radius 3 is 2.09 bits per heavy atom. The van der Waals surface area contributed by atoms with Crippen LogP contribution in [0.4, 0.5) is 0 Å². The minimum atomic E-state index is 1.28. The molecule has 0 N–H and O–H groups in total. The highest BCUT2D eigenvalue weighted by atomic mass is 14.1. The fourth-order valence-electron chi connectivity index (χ4n) is 3.17. The van der Waals surface area contributed by atoms with Crippen molar-refractivity contribution in [2.45, 2.75) is 13.8 Å². The Morgan fingerprint density at radius 2 is 1.23 bits per heavy atom. The zero-order valence-electron chi connectivity index (χ0n) is 12.9. The van der Waals surface area contributed by atoms with Gasteiger partial charge in [-0.15, -0.1) is 0 Å². The number of hydrogen-bond donors (Lipinski definition) is 0. The van der Waals surface area contributed by atoms with Crippen LogP contribution in [0.1, 0.15) is 11.1 Å². The third kappa shape index (κ3) is 2.17. The van der Waals surface area contributed by atoms with Gasteiger partial charge in [-0.1, -0.05) is 77.9 Å². The quantitative estimate of drug-likeness (QED) is 0.385. The van der Waals surface area contributed by atoms with Crippen molar-refractivity contribution in [1.29, 1.82) is 0 Å². The van der Waals surface area contributed by atoms with E-state index in [-0.39, 0.29) is 0 Å². The minimum Gasteiger partial charge on any atom is -0.0610 e. The topological polar surface area (TPSA) is 0 Å². The highest BCUT2D eigenvalue weighted by Crippen LogP contribution is 2.31. The molecule has 0 saturated carbocycles. The van der Waals surface area contributed by atoms with Gasteiger partial charge in [0.1, 0.15) is 0 Å². The molecule has 0 radical (unpaired) electrons. The number of benzene rings is 4. The Hall–Kier alpha value is -2.60. The molecule has 0 heteroatoms. The third-order valence-electron chi connectivity index (χ3n) is 4.34. The summed E-state index contributed by atoms with van der Waals surface area (Å²) in [5.74, 6) is 0. The van der Waals surface area contributed by atoms with E-state index in [9.17, 15) is 0 Å². The van der Waals surface area contributed by atoms with Crippen LogP contribution < -0.4 is 0 Å². The molecule has 0 aliphatic heterocycles. The summed E-state index contributed by atoms with van der Waals surface area (Å²) < 4.78 is 0. The van der Waals surface area contributed by atoms with E-state index in [1.807, 2.05) is 0 Å². The van der Waals surface area contributed by atoms with Crippen LogP contribution >= 0.6 is 0 Å². The van der Waals surface area contributed by atoms with E-state index in [0.717, 1.165) is 0 Å². The van der Waals surface area contributed by atoms with Crippen LogP contribution in [0, 0.1) is 13.8 Å². The second-order valence-electron chi connectivity index (χ2n) is 6.10. The van der Waals surface area contributed by atoms with Crippen LogP contribution in [0.2, 0.25) is 0 Å². The van der Waals surface area contributed by atoms with Gasteiger partial charge in [-0.2, -0.15) is 0 Å². The summed E-state index contributed by atoms with van der Waals surface area (Å²) in [4.78, 5) is 0. The summed E-state index contributed by atoms with van der Waals surface area (Å²) in [6, 6.07) is 26.6. The largest absolute Gasteiger partial charge is 0.0610 e. The summed E-state index contributed by atoms with van der Waals surface area (Å²) in [7, 11) is 0. The van der Waals surface area contributed by atoms with Gasteiger partial charge in [-0.25, -0.2) is 0 Å². The van der Waals surface area contributed by atoms with Crippen LogP contribution in [0.25, 0.3) is 32.7 Å². The first kappa shape index (κ1) is 13.1. The molecule has 0 atom stereocenters. The lowest BCUT2D eigenvalue weighted by molar-refractivity contribution is 1.50. The van der Waals surface area contributed by atoms with Gasteiger partial charge in [0.25, 0.3) is 0 Å². The lowest BCUT2D eigenvalue weighted by atomic mass is 9.95. The highest BCUT2D eigenvalue weighted by molar-refractivity contribution is 5.99. The average molecular weight is 282 g/mol. The Labute approximate surface area is 131 Å². The SMILES string of the molecule is Cc1ccc2cc(-c3cccc4ccc(C)cc34)ccc2c1. The maximum absolute atomic E-state index is 2.30. The Balaban J connectivity index is 1.98. The molecule has 0 aliphatic carbocycles. The maximum Gasteiger partial charge on any atom is -0.0103 e. The van der Waals surface area contributed by atoms with Gasteiger partial charge in [-0.3, -0.25) is 0 Å². The van der Waals surface area contributed by atoms with Gasteiger partial charge in [-0.05, 0) is 52.6 Å². The van der Waals surface area contributed by atoms with E-state index in [2.05, 4.69) is 86.6 Å². The molecule has 0 aliphatic rings. The predicted molar refractivity (Wildman–Crippen MR) is 96.4 cm³/mol. The van der Waals surface area contributed by atoms with Crippen LogP contribution in [0.5, 0.6) is 0 Å². The van der Waals surface area contributed by atoms with Crippen molar-refractivity contribution in [2.75, 3.05) is 0 Å². The molecule has 0 fully saturated rings. The summed E-state index contributed by atoms with van der Waals surface area (Å²) in [5, 5.41) is 5.23. The van der Waals surface area contributed by atoms with Crippen molar-refractivity contribution in [3.63, 3.8) is 0 Å². The molecule has 0 heterocycles. The molecule has 4 aromatic rings.